The lowest BCUT2D eigenvalue weighted by Gasteiger charge is -2.34. The molecule has 1 aromatic heterocycles. The van der Waals surface area contributed by atoms with E-state index < -0.39 is 9.84 Å². The summed E-state index contributed by atoms with van der Waals surface area (Å²) in [5, 5.41) is 5.52. The maximum atomic E-state index is 12.1. The number of likely N-dealkylation sites (tertiary alicyclic amines) is 1. The Bertz CT molecular complexity index is 725. The van der Waals surface area contributed by atoms with Crippen LogP contribution in [-0.2, 0) is 21.2 Å². The number of nitrogens with zero attached hydrogens (tertiary/aromatic N) is 2. The van der Waals surface area contributed by atoms with Crippen molar-refractivity contribution in [2.24, 2.45) is 11.8 Å². The van der Waals surface area contributed by atoms with Gasteiger partial charge in [-0.15, -0.1) is 23.1 Å². The predicted molar refractivity (Wildman–Crippen MR) is 108 cm³/mol. The van der Waals surface area contributed by atoms with Gasteiger partial charge >= 0.3 is 0 Å². The standard InChI is InChI=1S/C17H27N3O3S3/c1-12-5-13(2)7-20(6-12)8-14-9-25-17(18-14)19-16(21)10-24-15-3-4-26(22,23)11-15/h9,12-13,15H,3-8,10-11H2,1-2H3,(H,18,19,21)/t12-,13-,15-/m1/s1. The number of carbonyl (C=O) groups is 1. The van der Waals surface area contributed by atoms with Gasteiger partial charge in [0.2, 0.25) is 5.91 Å². The molecule has 3 heterocycles. The number of thiazole rings is 1. The lowest BCUT2D eigenvalue weighted by atomic mass is 9.92. The molecule has 2 saturated heterocycles. The van der Waals surface area contributed by atoms with Crippen molar-refractivity contribution in [1.82, 2.24) is 9.88 Å². The molecular formula is C17H27N3O3S3. The zero-order chi connectivity index (χ0) is 18.7. The molecule has 1 aromatic rings. The average molecular weight is 418 g/mol. The molecule has 2 fully saturated rings. The van der Waals surface area contributed by atoms with Crippen molar-refractivity contribution in [2.75, 3.05) is 35.7 Å². The number of rotatable bonds is 6. The molecule has 0 bridgehead atoms. The summed E-state index contributed by atoms with van der Waals surface area (Å²) in [4.78, 5) is 19.1. The van der Waals surface area contributed by atoms with Crippen molar-refractivity contribution < 1.29 is 13.2 Å². The van der Waals surface area contributed by atoms with Gasteiger partial charge in [-0.25, -0.2) is 13.4 Å². The smallest absolute Gasteiger partial charge is 0.236 e. The van der Waals surface area contributed by atoms with Gasteiger partial charge in [-0.3, -0.25) is 9.69 Å². The molecule has 3 rings (SSSR count). The topological polar surface area (TPSA) is 79.4 Å². The molecule has 1 N–H and O–H groups in total. The lowest BCUT2D eigenvalue weighted by Crippen LogP contribution is -2.38. The fourth-order valence-electron chi connectivity index (χ4n) is 3.83. The minimum Gasteiger partial charge on any atom is -0.301 e. The Kier molecular flexibility index (Phi) is 6.63. The van der Waals surface area contributed by atoms with Gasteiger partial charge in [0, 0.05) is 30.3 Å². The third-order valence-electron chi connectivity index (χ3n) is 4.77. The molecule has 0 aromatic carbocycles. The number of thioether (sulfide) groups is 1. The van der Waals surface area contributed by atoms with E-state index in [9.17, 15) is 13.2 Å². The first-order valence-electron chi connectivity index (χ1n) is 9.07. The SMILES string of the molecule is C[C@@H]1C[C@@H](C)CN(Cc2csc(NC(=O)CS[C@@H]3CCS(=O)(=O)C3)n2)C1. The molecule has 0 aliphatic carbocycles. The number of sulfone groups is 1. The Morgan fingerprint density at radius 2 is 2.12 bits per heavy atom. The molecule has 0 unspecified atom stereocenters. The normalized spacial score (nSPS) is 28.9. The Hall–Kier alpha value is -0.640. The molecule has 146 valence electrons. The van der Waals surface area contributed by atoms with Crippen LogP contribution in [0.2, 0.25) is 0 Å². The summed E-state index contributed by atoms with van der Waals surface area (Å²) >= 11 is 2.88. The summed E-state index contributed by atoms with van der Waals surface area (Å²) in [5.74, 6) is 2.03. The van der Waals surface area contributed by atoms with E-state index >= 15 is 0 Å². The molecule has 6 nitrogen and oxygen atoms in total. The Morgan fingerprint density at radius 3 is 2.77 bits per heavy atom. The average Bonchev–Trinajstić information content (AvgIpc) is 3.10. The van der Waals surface area contributed by atoms with Gasteiger partial charge in [0.1, 0.15) is 0 Å². The van der Waals surface area contributed by atoms with Crippen LogP contribution in [-0.4, -0.2) is 59.8 Å². The fraction of sp³-hybridized carbons (Fsp3) is 0.765. The number of piperidine rings is 1. The van der Waals surface area contributed by atoms with Crippen LogP contribution < -0.4 is 5.32 Å². The second-order valence-corrected chi connectivity index (χ2v) is 12.0. The molecular weight excluding hydrogens is 390 g/mol. The molecule has 2 aliphatic heterocycles. The van der Waals surface area contributed by atoms with Gasteiger partial charge < -0.3 is 5.32 Å². The van der Waals surface area contributed by atoms with Crippen LogP contribution in [0.25, 0.3) is 0 Å². The van der Waals surface area contributed by atoms with E-state index in [1.54, 1.807) is 0 Å². The lowest BCUT2D eigenvalue weighted by molar-refractivity contribution is -0.113. The van der Waals surface area contributed by atoms with Crippen molar-refractivity contribution in [3.05, 3.63) is 11.1 Å². The first-order chi connectivity index (χ1) is 12.3. The van der Waals surface area contributed by atoms with E-state index in [1.165, 1.54) is 29.5 Å². The molecule has 9 heteroatoms. The number of carbonyl (C=O) groups excluding carboxylic acids is 1. The molecule has 2 aliphatic rings. The Labute approximate surface area is 164 Å². The highest BCUT2D eigenvalue weighted by atomic mass is 32.2. The van der Waals surface area contributed by atoms with Crippen molar-refractivity contribution in [3.8, 4) is 0 Å². The van der Waals surface area contributed by atoms with Crippen molar-refractivity contribution in [2.45, 2.75) is 38.5 Å². The van der Waals surface area contributed by atoms with Crippen LogP contribution in [0.5, 0.6) is 0 Å². The number of hydrogen-bond acceptors (Lipinski definition) is 7. The van der Waals surface area contributed by atoms with Crippen LogP contribution in [0.15, 0.2) is 5.38 Å². The maximum Gasteiger partial charge on any atom is 0.236 e. The van der Waals surface area contributed by atoms with Gasteiger partial charge in [0.05, 0.1) is 23.0 Å². The summed E-state index contributed by atoms with van der Waals surface area (Å²) in [6.45, 7) is 7.62. The zero-order valence-corrected chi connectivity index (χ0v) is 17.8. The third-order valence-corrected chi connectivity index (χ3v) is 8.86. The number of hydrogen-bond donors (Lipinski definition) is 1. The maximum absolute atomic E-state index is 12.1. The summed E-state index contributed by atoms with van der Waals surface area (Å²) in [6.07, 6.45) is 1.93. The summed E-state index contributed by atoms with van der Waals surface area (Å²) in [7, 11) is -2.89. The number of anilines is 1. The van der Waals surface area contributed by atoms with Crippen LogP contribution >= 0.6 is 23.1 Å². The third kappa shape index (κ3) is 5.94. The number of aromatic nitrogens is 1. The van der Waals surface area contributed by atoms with E-state index in [4.69, 9.17) is 0 Å². The van der Waals surface area contributed by atoms with E-state index in [2.05, 4.69) is 29.0 Å². The highest BCUT2D eigenvalue weighted by Gasteiger charge is 2.28. The largest absolute Gasteiger partial charge is 0.301 e. The van der Waals surface area contributed by atoms with E-state index in [0.29, 0.717) is 23.4 Å². The second kappa shape index (κ2) is 8.58. The van der Waals surface area contributed by atoms with Gasteiger partial charge in [-0.1, -0.05) is 13.8 Å². The second-order valence-electron chi connectivity index (χ2n) is 7.67. The van der Waals surface area contributed by atoms with Gasteiger partial charge in [0.25, 0.3) is 0 Å². The number of nitrogens with one attached hydrogen (secondary N) is 1. The Morgan fingerprint density at radius 1 is 1.38 bits per heavy atom. The minimum absolute atomic E-state index is 0.0423. The van der Waals surface area contributed by atoms with Crippen molar-refractivity contribution in [1.29, 1.82) is 0 Å². The monoisotopic (exact) mass is 417 g/mol. The highest BCUT2D eigenvalue weighted by Crippen LogP contribution is 2.26. The fourth-order valence-corrected chi connectivity index (χ4v) is 7.99. The first-order valence-corrected chi connectivity index (χ1v) is 12.8. The molecule has 3 atom stereocenters. The van der Waals surface area contributed by atoms with E-state index in [1.807, 2.05) is 5.38 Å². The predicted octanol–water partition coefficient (Wildman–Crippen LogP) is 2.48. The molecule has 1 amide bonds. The zero-order valence-electron chi connectivity index (χ0n) is 15.3. The van der Waals surface area contributed by atoms with Gasteiger partial charge in [0.15, 0.2) is 15.0 Å². The first kappa shape index (κ1) is 20.1. The Balaban J connectivity index is 1.43. The van der Waals surface area contributed by atoms with Crippen LogP contribution in [0.1, 0.15) is 32.4 Å². The molecule has 0 spiro atoms. The molecule has 26 heavy (non-hydrogen) atoms. The van der Waals surface area contributed by atoms with Crippen LogP contribution in [0, 0.1) is 11.8 Å². The van der Waals surface area contributed by atoms with Crippen molar-refractivity contribution >= 4 is 44.0 Å². The van der Waals surface area contributed by atoms with Gasteiger partial charge in [-0.2, -0.15) is 0 Å². The van der Waals surface area contributed by atoms with Gasteiger partial charge in [-0.05, 0) is 24.7 Å². The van der Waals surface area contributed by atoms with Crippen molar-refractivity contribution in [3.63, 3.8) is 0 Å². The summed E-state index contributed by atoms with van der Waals surface area (Å²) < 4.78 is 22.9. The quantitative estimate of drug-likeness (QED) is 0.766. The van der Waals surface area contributed by atoms with E-state index in [0.717, 1.165) is 25.3 Å². The van der Waals surface area contributed by atoms with E-state index in [-0.39, 0.29) is 28.4 Å². The molecule has 0 radical (unpaired) electrons. The minimum atomic E-state index is -2.89. The summed E-state index contributed by atoms with van der Waals surface area (Å²) in [6, 6.07) is 0. The van der Waals surface area contributed by atoms with Crippen LogP contribution in [0.3, 0.4) is 0 Å². The highest BCUT2D eigenvalue weighted by molar-refractivity contribution is 8.02. The number of amides is 1. The van der Waals surface area contributed by atoms with Crippen LogP contribution in [0.4, 0.5) is 5.13 Å². The summed E-state index contributed by atoms with van der Waals surface area (Å²) in [5.41, 5.74) is 1.00. The molecule has 0 saturated carbocycles.